The van der Waals surface area contributed by atoms with E-state index in [1.807, 2.05) is 6.07 Å². The second-order valence-corrected chi connectivity index (χ2v) is 6.85. The summed E-state index contributed by atoms with van der Waals surface area (Å²) in [6, 6.07) is 14.3. The normalized spacial score (nSPS) is 18.0. The van der Waals surface area contributed by atoms with Crippen LogP contribution < -0.4 is 10.2 Å². The third kappa shape index (κ3) is 3.39. The Morgan fingerprint density at radius 1 is 1.29 bits per heavy atom. The summed E-state index contributed by atoms with van der Waals surface area (Å²) >= 11 is 7.18. The summed E-state index contributed by atoms with van der Waals surface area (Å²) in [5.74, 6) is -0.0354. The highest BCUT2D eigenvalue weighted by atomic mass is 35.5. The number of hydrogen-bond acceptors (Lipinski definition) is 3. The zero-order valence-electron chi connectivity index (χ0n) is 11.6. The van der Waals surface area contributed by atoms with Gasteiger partial charge in [-0.05, 0) is 37.1 Å². The highest BCUT2D eigenvalue weighted by molar-refractivity contribution is 7.17. The Kier molecular flexibility index (Phi) is 4.46. The van der Waals surface area contributed by atoms with Crippen LogP contribution in [0.3, 0.4) is 0 Å². The number of nitrogens with one attached hydrogen (secondary N) is 1. The van der Waals surface area contributed by atoms with E-state index in [2.05, 4.69) is 34.5 Å². The lowest BCUT2D eigenvalue weighted by molar-refractivity contribution is 0.0955. The smallest absolute Gasteiger partial charge is 0.261 e. The van der Waals surface area contributed by atoms with Crippen molar-refractivity contribution in [2.24, 2.45) is 0 Å². The third-order valence-electron chi connectivity index (χ3n) is 3.76. The van der Waals surface area contributed by atoms with Gasteiger partial charge in [-0.15, -0.1) is 11.3 Å². The number of para-hydroxylation sites is 1. The molecule has 1 N–H and O–H groups in total. The Bertz CT molecular complexity index is 614. The minimum Gasteiger partial charge on any atom is -0.367 e. The molecule has 0 bridgehead atoms. The molecule has 0 radical (unpaired) electrons. The third-order valence-corrected chi connectivity index (χ3v) is 4.99. The molecule has 1 aliphatic heterocycles. The van der Waals surface area contributed by atoms with E-state index in [-0.39, 0.29) is 5.91 Å². The second kappa shape index (κ2) is 6.50. The summed E-state index contributed by atoms with van der Waals surface area (Å²) in [7, 11) is 0. The molecule has 1 aliphatic rings. The van der Waals surface area contributed by atoms with E-state index in [0.717, 1.165) is 13.0 Å². The number of thiophene rings is 1. The fourth-order valence-electron chi connectivity index (χ4n) is 2.74. The van der Waals surface area contributed by atoms with E-state index in [1.54, 1.807) is 12.1 Å². The molecular weight excluding hydrogens is 304 g/mol. The van der Waals surface area contributed by atoms with E-state index in [9.17, 15) is 4.79 Å². The number of halogens is 1. The molecule has 3 rings (SSSR count). The first-order valence-electron chi connectivity index (χ1n) is 7.09. The number of amides is 1. The van der Waals surface area contributed by atoms with Gasteiger partial charge in [-0.2, -0.15) is 0 Å². The van der Waals surface area contributed by atoms with Crippen LogP contribution in [0.5, 0.6) is 0 Å². The summed E-state index contributed by atoms with van der Waals surface area (Å²) in [5.41, 5.74) is 1.23. The van der Waals surface area contributed by atoms with Crippen molar-refractivity contribution in [3.8, 4) is 0 Å². The quantitative estimate of drug-likeness (QED) is 0.929. The Hall–Kier alpha value is -1.52. The van der Waals surface area contributed by atoms with Crippen molar-refractivity contribution in [1.82, 2.24) is 5.32 Å². The van der Waals surface area contributed by atoms with Crippen molar-refractivity contribution in [3.05, 3.63) is 51.7 Å². The predicted octanol–water partition coefficient (Wildman–Crippen LogP) is 3.80. The average Bonchev–Trinajstić information content (AvgIpc) is 3.14. The fourth-order valence-corrected chi connectivity index (χ4v) is 3.70. The number of carbonyl (C=O) groups is 1. The molecule has 2 aromatic rings. The van der Waals surface area contributed by atoms with Crippen LogP contribution >= 0.6 is 22.9 Å². The Morgan fingerprint density at radius 3 is 2.81 bits per heavy atom. The van der Waals surface area contributed by atoms with Crippen molar-refractivity contribution >= 4 is 34.5 Å². The maximum absolute atomic E-state index is 12.1. The van der Waals surface area contributed by atoms with Crippen molar-refractivity contribution in [1.29, 1.82) is 0 Å². The molecule has 1 aromatic heterocycles. The van der Waals surface area contributed by atoms with Crippen LogP contribution in [0.25, 0.3) is 0 Å². The zero-order chi connectivity index (χ0) is 14.7. The lowest BCUT2D eigenvalue weighted by Gasteiger charge is -2.27. The standard InChI is InChI=1S/C16H17ClN2OS/c17-15-9-8-14(21-15)16(20)18-11-13-7-4-10-19(13)12-5-2-1-3-6-12/h1-3,5-6,8-9,13H,4,7,10-11H2,(H,18,20)/t13-/m0/s1. The summed E-state index contributed by atoms with van der Waals surface area (Å²) in [6.45, 7) is 1.72. The van der Waals surface area contributed by atoms with E-state index in [1.165, 1.54) is 23.4 Å². The molecule has 0 saturated carbocycles. The summed E-state index contributed by atoms with van der Waals surface area (Å²) in [6.07, 6.45) is 2.28. The number of nitrogens with zero attached hydrogens (tertiary/aromatic N) is 1. The van der Waals surface area contributed by atoms with E-state index >= 15 is 0 Å². The monoisotopic (exact) mass is 320 g/mol. The number of rotatable bonds is 4. The van der Waals surface area contributed by atoms with Gasteiger partial charge in [-0.25, -0.2) is 0 Å². The number of benzene rings is 1. The molecular formula is C16H17ClN2OS. The van der Waals surface area contributed by atoms with Gasteiger partial charge in [-0.1, -0.05) is 29.8 Å². The lowest BCUT2D eigenvalue weighted by Crippen LogP contribution is -2.40. The van der Waals surface area contributed by atoms with Gasteiger partial charge in [0, 0.05) is 24.8 Å². The molecule has 0 unspecified atom stereocenters. The van der Waals surface area contributed by atoms with Gasteiger partial charge in [0.1, 0.15) is 0 Å². The van der Waals surface area contributed by atoms with E-state index < -0.39 is 0 Å². The maximum Gasteiger partial charge on any atom is 0.261 e. The second-order valence-electron chi connectivity index (χ2n) is 5.14. The first kappa shape index (κ1) is 14.4. The molecule has 0 spiro atoms. The van der Waals surface area contributed by atoms with Crippen LogP contribution in [0.4, 0.5) is 5.69 Å². The van der Waals surface area contributed by atoms with Crippen LogP contribution in [-0.4, -0.2) is 25.0 Å². The van der Waals surface area contributed by atoms with Crippen LogP contribution in [-0.2, 0) is 0 Å². The van der Waals surface area contributed by atoms with Gasteiger partial charge < -0.3 is 10.2 Å². The Morgan fingerprint density at radius 2 is 2.10 bits per heavy atom. The number of carbonyl (C=O) groups excluding carboxylic acids is 1. The molecule has 1 amide bonds. The summed E-state index contributed by atoms with van der Waals surface area (Å²) < 4.78 is 0.645. The largest absolute Gasteiger partial charge is 0.367 e. The van der Waals surface area contributed by atoms with Crippen LogP contribution in [0.15, 0.2) is 42.5 Å². The van der Waals surface area contributed by atoms with Gasteiger partial charge >= 0.3 is 0 Å². The average molecular weight is 321 g/mol. The molecule has 3 nitrogen and oxygen atoms in total. The molecule has 1 aromatic carbocycles. The highest BCUT2D eigenvalue weighted by Gasteiger charge is 2.25. The van der Waals surface area contributed by atoms with Crippen molar-refractivity contribution in [3.63, 3.8) is 0 Å². The van der Waals surface area contributed by atoms with Gasteiger partial charge in [0.2, 0.25) is 0 Å². The van der Waals surface area contributed by atoms with Crippen LogP contribution in [0.2, 0.25) is 4.34 Å². The molecule has 5 heteroatoms. The molecule has 1 fully saturated rings. The highest BCUT2D eigenvalue weighted by Crippen LogP contribution is 2.25. The van der Waals surface area contributed by atoms with Gasteiger partial charge in [0.15, 0.2) is 0 Å². The van der Waals surface area contributed by atoms with Gasteiger partial charge in [-0.3, -0.25) is 4.79 Å². The SMILES string of the molecule is O=C(NC[C@@H]1CCCN1c1ccccc1)c1ccc(Cl)s1. The summed E-state index contributed by atoms with van der Waals surface area (Å²) in [4.78, 5) is 15.1. The molecule has 1 saturated heterocycles. The van der Waals surface area contributed by atoms with Crippen molar-refractivity contribution < 1.29 is 4.79 Å². The predicted molar refractivity (Wildman–Crippen MR) is 88.5 cm³/mol. The van der Waals surface area contributed by atoms with Gasteiger partial charge in [0.05, 0.1) is 9.21 Å². The Balaban J connectivity index is 1.61. The summed E-state index contributed by atoms with van der Waals surface area (Å²) in [5, 5.41) is 3.03. The number of hydrogen-bond donors (Lipinski definition) is 1. The number of anilines is 1. The van der Waals surface area contributed by atoms with Crippen LogP contribution in [0, 0.1) is 0 Å². The molecule has 110 valence electrons. The van der Waals surface area contributed by atoms with Gasteiger partial charge in [0.25, 0.3) is 5.91 Å². The first-order chi connectivity index (χ1) is 10.2. The van der Waals surface area contributed by atoms with Crippen molar-refractivity contribution in [2.45, 2.75) is 18.9 Å². The van der Waals surface area contributed by atoms with E-state index in [0.29, 0.717) is 21.8 Å². The fraction of sp³-hybridized carbons (Fsp3) is 0.312. The minimum atomic E-state index is -0.0354. The minimum absolute atomic E-state index is 0.0354. The maximum atomic E-state index is 12.1. The molecule has 2 heterocycles. The van der Waals surface area contributed by atoms with E-state index in [4.69, 9.17) is 11.6 Å². The zero-order valence-corrected chi connectivity index (χ0v) is 13.2. The van der Waals surface area contributed by atoms with Crippen LogP contribution in [0.1, 0.15) is 22.5 Å². The Labute approximate surface area is 133 Å². The lowest BCUT2D eigenvalue weighted by atomic mass is 10.2. The topological polar surface area (TPSA) is 32.3 Å². The molecule has 0 aliphatic carbocycles. The van der Waals surface area contributed by atoms with Crippen molar-refractivity contribution in [2.75, 3.05) is 18.0 Å². The first-order valence-corrected chi connectivity index (χ1v) is 8.29. The molecule has 21 heavy (non-hydrogen) atoms. The molecule has 1 atom stereocenters.